The smallest absolute Gasteiger partial charge is 0.427 e. The summed E-state index contributed by atoms with van der Waals surface area (Å²) in [4.78, 5) is 11.7. The molecule has 1 aliphatic carbocycles. The predicted octanol–water partition coefficient (Wildman–Crippen LogP) is 3.92. The average molecular weight is 294 g/mol. The lowest BCUT2D eigenvalue weighted by Crippen LogP contribution is -2.22. The Kier molecular flexibility index (Phi) is 3.92. The van der Waals surface area contributed by atoms with Gasteiger partial charge in [-0.15, -0.1) is 0 Å². The van der Waals surface area contributed by atoms with Gasteiger partial charge in [-0.25, -0.2) is 10.2 Å². The van der Waals surface area contributed by atoms with Gasteiger partial charge in [0.1, 0.15) is 6.61 Å². The summed E-state index contributed by atoms with van der Waals surface area (Å²) in [6.45, 7) is 3.92. The molecule has 1 aliphatic rings. The van der Waals surface area contributed by atoms with E-state index in [9.17, 15) is 4.79 Å². The zero-order chi connectivity index (χ0) is 15.5. The van der Waals surface area contributed by atoms with Crippen LogP contribution in [0.2, 0.25) is 0 Å². The van der Waals surface area contributed by atoms with E-state index in [0.29, 0.717) is 6.61 Å². The van der Waals surface area contributed by atoms with Crippen molar-refractivity contribution in [1.82, 2.24) is 5.43 Å². The van der Waals surface area contributed by atoms with Crippen LogP contribution in [0.3, 0.4) is 0 Å². The molecular formula is C18H18N2O2. The summed E-state index contributed by atoms with van der Waals surface area (Å²) in [7, 11) is 0. The van der Waals surface area contributed by atoms with E-state index < -0.39 is 6.09 Å². The maximum Gasteiger partial charge on any atom is 0.427 e. The number of hydrazone groups is 1. The summed E-state index contributed by atoms with van der Waals surface area (Å²) in [5, 5.41) is 3.85. The van der Waals surface area contributed by atoms with Gasteiger partial charge in [0, 0.05) is 11.6 Å². The van der Waals surface area contributed by atoms with Crippen molar-refractivity contribution in [3.05, 3.63) is 59.7 Å². The van der Waals surface area contributed by atoms with Gasteiger partial charge in [0.15, 0.2) is 0 Å². The van der Waals surface area contributed by atoms with Gasteiger partial charge in [-0.3, -0.25) is 0 Å². The van der Waals surface area contributed by atoms with Gasteiger partial charge >= 0.3 is 6.09 Å². The maximum atomic E-state index is 11.7. The molecule has 1 N–H and O–H groups in total. The molecule has 1 amide bonds. The first kappa shape index (κ1) is 14.3. The van der Waals surface area contributed by atoms with E-state index >= 15 is 0 Å². The molecule has 4 heteroatoms. The third-order valence-electron chi connectivity index (χ3n) is 3.71. The molecule has 0 bridgehead atoms. The number of benzene rings is 2. The van der Waals surface area contributed by atoms with Crippen molar-refractivity contribution in [3.63, 3.8) is 0 Å². The van der Waals surface area contributed by atoms with E-state index in [2.05, 4.69) is 34.8 Å². The molecule has 0 unspecified atom stereocenters. The highest BCUT2D eigenvalue weighted by molar-refractivity contribution is 5.81. The summed E-state index contributed by atoms with van der Waals surface area (Å²) in [6, 6.07) is 16.5. The van der Waals surface area contributed by atoms with Crippen molar-refractivity contribution in [2.75, 3.05) is 6.61 Å². The largest absolute Gasteiger partial charge is 0.447 e. The third-order valence-corrected chi connectivity index (χ3v) is 3.71. The Hall–Kier alpha value is -2.62. The third kappa shape index (κ3) is 2.72. The lowest BCUT2D eigenvalue weighted by molar-refractivity contribution is 0.143. The molecule has 0 fully saturated rings. The first-order valence-electron chi connectivity index (χ1n) is 7.28. The molecule has 22 heavy (non-hydrogen) atoms. The molecule has 3 rings (SSSR count). The number of fused-ring (bicyclic) bond motifs is 3. The van der Waals surface area contributed by atoms with Gasteiger partial charge < -0.3 is 4.74 Å². The fraction of sp³-hybridized carbons (Fsp3) is 0.222. The number of rotatable bonds is 3. The summed E-state index contributed by atoms with van der Waals surface area (Å²) in [5.74, 6) is 0.0739. The first-order chi connectivity index (χ1) is 10.7. The predicted molar refractivity (Wildman–Crippen MR) is 87.0 cm³/mol. The van der Waals surface area contributed by atoms with E-state index in [1.807, 2.05) is 38.1 Å². The van der Waals surface area contributed by atoms with Crippen molar-refractivity contribution < 1.29 is 9.53 Å². The molecule has 0 saturated heterocycles. The fourth-order valence-corrected chi connectivity index (χ4v) is 2.79. The van der Waals surface area contributed by atoms with Crippen LogP contribution in [0.5, 0.6) is 0 Å². The van der Waals surface area contributed by atoms with Crippen molar-refractivity contribution in [2.45, 2.75) is 19.8 Å². The number of nitrogens with zero attached hydrogens (tertiary/aromatic N) is 1. The second-order valence-electron chi connectivity index (χ2n) is 5.50. The van der Waals surface area contributed by atoms with E-state index in [1.165, 1.54) is 22.3 Å². The van der Waals surface area contributed by atoms with Gasteiger partial charge in [-0.1, -0.05) is 48.5 Å². The first-order valence-corrected chi connectivity index (χ1v) is 7.28. The second-order valence-corrected chi connectivity index (χ2v) is 5.50. The standard InChI is InChI=1S/C18H18N2O2/c1-12(2)19-20-18(21)22-11-17-15-9-5-3-7-13(15)14-8-4-6-10-16(14)17/h3-10,17H,11H2,1-2H3,(H,20,21). The summed E-state index contributed by atoms with van der Waals surface area (Å²) in [6.07, 6.45) is -0.525. The lowest BCUT2D eigenvalue weighted by Gasteiger charge is -2.13. The normalized spacial score (nSPS) is 12.3. The Bertz CT molecular complexity index is 688. The Labute approximate surface area is 129 Å². The number of ether oxygens (including phenoxy) is 1. The van der Waals surface area contributed by atoms with Crippen LogP contribution in [0.1, 0.15) is 30.9 Å². The highest BCUT2D eigenvalue weighted by atomic mass is 16.6. The summed E-state index contributed by atoms with van der Waals surface area (Å²) in [5.41, 5.74) is 7.99. The molecule has 0 heterocycles. The zero-order valence-electron chi connectivity index (χ0n) is 12.7. The van der Waals surface area contributed by atoms with Crippen molar-refractivity contribution >= 4 is 11.8 Å². The number of carbonyl (C=O) groups excluding carboxylic acids is 1. The van der Waals surface area contributed by atoms with E-state index in [1.54, 1.807) is 0 Å². The molecule has 2 aromatic rings. The van der Waals surface area contributed by atoms with E-state index in [-0.39, 0.29) is 5.92 Å². The van der Waals surface area contributed by atoms with Crippen molar-refractivity contribution in [1.29, 1.82) is 0 Å². The SMILES string of the molecule is CC(C)=NNC(=O)OCC1c2ccccc2-c2ccccc21. The molecule has 2 aromatic carbocycles. The minimum absolute atomic E-state index is 0.0739. The second kappa shape index (κ2) is 6.02. The Balaban J connectivity index is 1.79. The van der Waals surface area contributed by atoms with Crippen LogP contribution in [0.4, 0.5) is 4.79 Å². The van der Waals surface area contributed by atoms with Gasteiger partial charge in [-0.05, 0) is 36.1 Å². The van der Waals surface area contributed by atoms with Crippen LogP contribution >= 0.6 is 0 Å². The molecular weight excluding hydrogens is 276 g/mol. The minimum Gasteiger partial charge on any atom is -0.447 e. The number of nitrogens with one attached hydrogen (secondary N) is 1. The lowest BCUT2D eigenvalue weighted by atomic mass is 9.98. The van der Waals surface area contributed by atoms with Crippen LogP contribution < -0.4 is 5.43 Å². The minimum atomic E-state index is -0.525. The van der Waals surface area contributed by atoms with Crippen LogP contribution in [0.15, 0.2) is 53.6 Å². The monoisotopic (exact) mass is 294 g/mol. The molecule has 0 atom stereocenters. The van der Waals surface area contributed by atoms with Crippen molar-refractivity contribution in [2.24, 2.45) is 5.10 Å². The van der Waals surface area contributed by atoms with Crippen LogP contribution in [-0.2, 0) is 4.74 Å². The molecule has 0 saturated carbocycles. The number of carbonyl (C=O) groups is 1. The highest BCUT2D eigenvalue weighted by Crippen LogP contribution is 2.44. The Morgan fingerprint density at radius 2 is 1.59 bits per heavy atom. The molecule has 4 nitrogen and oxygen atoms in total. The summed E-state index contributed by atoms with van der Waals surface area (Å²) < 4.78 is 5.33. The van der Waals surface area contributed by atoms with E-state index in [0.717, 1.165) is 5.71 Å². The topological polar surface area (TPSA) is 50.7 Å². The number of hydrogen-bond donors (Lipinski definition) is 1. The zero-order valence-corrected chi connectivity index (χ0v) is 12.7. The van der Waals surface area contributed by atoms with E-state index in [4.69, 9.17) is 4.74 Å². The van der Waals surface area contributed by atoms with Gasteiger partial charge in [0.05, 0.1) is 0 Å². The van der Waals surface area contributed by atoms with Crippen LogP contribution in [-0.4, -0.2) is 18.4 Å². The molecule has 0 spiro atoms. The molecule has 0 aliphatic heterocycles. The quantitative estimate of drug-likeness (QED) is 0.689. The highest BCUT2D eigenvalue weighted by Gasteiger charge is 2.28. The molecule has 112 valence electrons. The average Bonchev–Trinajstić information content (AvgIpc) is 2.85. The number of hydrogen-bond acceptors (Lipinski definition) is 3. The Morgan fingerprint density at radius 3 is 2.14 bits per heavy atom. The van der Waals surface area contributed by atoms with Gasteiger partial charge in [-0.2, -0.15) is 5.10 Å². The Morgan fingerprint density at radius 1 is 1.05 bits per heavy atom. The van der Waals surface area contributed by atoms with Crippen LogP contribution in [0, 0.1) is 0 Å². The van der Waals surface area contributed by atoms with Gasteiger partial charge in [0.25, 0.3) is 0 Å². The van der Waals surface area contributed by atoms with Crippen molar-refractivity contribution in [3.8, 4) is 11.1 Å². The number of amides is 1. The van der Waals surface area contributed by atoms with Crippen LogP contribution in [0.25, 0.3) is 11.1 Å². The maximum absolute atomic E-state index is 11.7. The summed E-state index contributed by atoms with van der Waals surface area (Å²) >= 11 is 0. The molecule has 0 radical (unpaired) electrons. The van der Waals surface area contributed by atoms with Gasteiger partial charge in [0.2, 0.25) is 0 Å². The fourth-order valence-electron chi connectivity index (χ4n) is 2.79. The molecule has 0 aromatic heterocycles.